The molecule has 0 bridgehead atoms. The van der Waals surface area contributed by atoms with Gasteiger partial charge in [0.15, 0.2) is 5.84 Å². The van der Waals surface area contributed by atoms with Crippen LogP contribution in [0.25, 0.3) is 11.3 Å². The van der Waals surface area contributed by atoms with Gasteiger partial charge in [0.05, 0.1) is 12.2 Å². The van der Waals surface area contributed by atoms with Gasteiger partial charge in [0.25, 0.3) is 5.56 Å². The number of halogens is 2. The van der Waals surface area contributed by atoms with Crippen LogP contribution in [-0.4, -0.2) is 27.1 Å². The Kier molecular flexibility index (Phi) is 6.45. The van der Waals surface area contributed by atoms with Gasteiger partial charge in [-0.15, -0.1) is 0 Å². The van der Waals surface area contributed by atoms with Gasteiger partial charge in [-0.05, 0) is 43.7 Å². The second-order valence-electron chi connectivity index (χ2n) is 7.65. The van der Waals surface area contributed by atoms with Crippen molar-refractivity contribution < 1.29 is 18.4 Å². The van der Waals surface area contributed by atoms with Crippen LogP contribution in [0, 0.1) is 11.6 Å². The van der Waals surface area contributed by atoms with Crippen molar-refractivity contribution in [3.05, 3.63) is 87.7 Å². The number of nitrogens with two attached hydrogens (primary N) is 2. The van der Waals surface area contributed by atoms with E-state index in [1.54, 1.807) is 24.3 Å². The molecular formula is C22H21F2N5O3. The second kappa shape index (κ2) is 9.06. The fourth-order valence-electron chi connectivity index (χ4n) is 2.68. The van der Waals surface area contributed by atoms with Crippen LogP contribution < -0.4 is 17.0 Å². The van der Waals surface area contributed by atoms with Crippen LogP contribution in [0.1, 0.15) is 25.0 Å². The first-order valence-electron chi connectivity index (χ1n) is 9.50. The molecule has 2 aromatic carbocycles. The third-order valence-electron chi connectivity index (χ3n) is 4.33. The summed E-state index contributed by atoms with van der Waals surface area (Å²) in [5.41, 5.74) is 11.4. The predicted octanol–water partition coefficient (Wildman–Crippen LogP) is 2.14. The molecule has 0 unspecified atom stereocenters. The average molecular weight is 441 g/mol. The molecule has 0 spiro atoms. The molecule has 0 saturated carbocycles. The molecule has 10 heteroatoms. The molecule has 0 aliphatic carbocycles. The number of benzene rings is 2. The van der Waals surface area contributed by atoms with Crippen molar-refractivity contribution in [1.29, 1.82) is 0 Å². The highest BCUT2D eigenvalue weighted by Gasteiger charge is 2.24. The molecule has 0 aliphatic heterocycles. The topological polar surface area (TPSA) is 126 Å². The number of amidine groups is 1. The number of oxime groups is 1. The third-order valence-corrected chi connectivity index (χ3v) is 4.33. The van der Waals surface area contributed by atoms with Gasteiger partial charge in [-0.3, -0.25) is 4.79 Å². The Balaban J connectivity index is 1.85. The van der Waals surface area contributed by atoms with Crippen LogP contribution in [0.4, 0.5) is 8.78 Å². The summed E-state index contributed by atoms with van der Waals surface area (Å²) in [4.78, 5) is 28.8. The minimum atomic E-state index is -1.23. The lowest BCUT2D eigenvalue weighted by atomic mass is 10.1. The molecule has 0 aliphatic rings. The summed E-state index contributed by atoms with van der Waals surface area (Å²) in [5, 5.41) is 7.81. The monoisotopic (exact) mass is 441 g/mol. The number of hydrogen-bond acceptors (Lipinski definition) is 6. The maximum atomic E-state index is 13.5. The largest absolute Gasteiger partial charge is 0.380 e. The quantitative estimate of drug-likeness (QED) is 0.261. The fraction of sp³-hybridized carbons (Fsp3) is 0.182. The molecule has 1 aromatic heterocycles. The highest BCUT2D eigenvalue weighted by Crippen LogP contribution is 2.19. The molecule has 1 heterocycles. The fourth-order valence-corrected chi connectivity index (χ4v) is 2.68. The number of carbonyl (C=O) groups excluding carboxylic acids is 1. The van der Waals surface area contributed by atoms with E-state index >= 15 is 0 Å². The van der Waals surface area contributed by atoms with Crippen LogP contribution in [0.5, 0.6) is 0 Å². The Morgan fingerprint density at radius 3 is 2.47 bits per heavy atom. The van der Waals surface area contributed by atoms with Crippen LogP contribution in [-0.2, 0) is 16.2 Å². The molecule has 0 fully saturated rings. The maximum Gasteiger partial charge on any atom is 0.354 e. The number of carbonyl (C=O) groups is 1. The van der Waals surface area contributed by atoms with E-state index in [0.717, 1.165) is 22.9 Å². The zero-order valence-corrected chi connectivity index (χ0v) is 17.4. The van der Waals surface area contributed by atoms with E-state index in [1.165, 1.54) is 26.0 Å². The van der Waals surface area contributed by atoms with Crippen LogP contribution in [0.3, 0.4) is 0 Å². The lowest BCUT2D eigenvalue weighted by Crippen LogP contribution is -2.42. The zero-order chi connectivity index (χ0) is 23.5. The van der Waals surface area contributed by atoms with Crippen molar-refractivity contribution in [1.82, 2.24) is 9.78 Å². The zero-order valence-electron chi connectivity index (χ0n) is 17.4. The van der Waals surface area contributed by atoms with Crippen LogP contribution in [0.15, 0.2) is 64.5 Å². The molecule has 0 amide bonds. The number of nitrogens with zero attached hydrogens (tertiary/aromatic N) is 3. The Morgan fingerprint density at radius 1 is 1.12 bits per heavy atom. The lowest BCUT2D eigenvalue weighted by Gasteiger charge is -2.13. The Labute approximate surface area is 182 Å². The molecule has 0 radical (unpaired) electrons. The highest BCUT2D eigenvalue weighted by molar-refractivity contribution is 5.97. The summed E-state index contributed by atoms with van der Waals surface area (Å²) in [6, 6.07) is 12.4. The van der Waals surface area contributed by atoms with E-state index in [1.807, 2.05) is 0 Å². The first kappa shape index (κ1) is 22.8. The van der Waals surface area contributed by atoms with Gasteiger partial charge < -0.3 is 16.3 Å². The van der Waals surface area contributed by atoms with E-state index in [-0.39, 0.29) is 23.6 Å². The lowest BCUT2D eigenvalue weighted by molar-refractivity contribution is -0.148. The van der Waals surface area contributed by atoms with Crippen molar-refractivity contribution in [2.24, 2.45) is 16.6 Å². The molecule has 3 rings (SSSR count). The number of rotatable bonds is 6. The SMILES string of the molecule is CC(C)(N)C(=O)ON=C(N)c1cccc(Cn2nc(-c3cc(F)cc(F)c3)ccc2=O)c1. The smallest absolute Gasteiger partial charge is 0.354 e. The Bertz CT molecular complexity index is 1230. The number of hydrogen-bond donors (Lipinski definition) is 2. The summed E-state index contributed by atoms with van der Waals surface area (Å²) in [6.45, 7) is 3.00. The summed E-state index contributed by atoms with van der Waals surface area (Å²) < 4.78 is 28.2. The summed E-state index contributed by atoms with van der Waals surface area (Å²) >= 11 is 0. The van der Waals surface area contributed by atoms with E-state index < -0.39 is 28.7 Å². The standard InChI is InChI=1S/C22H21F2N5O3/c1-22(2,26)21(31)32-28-20(25)14-5-3-4-13(8-14)12-29-19(30)7-6-18(27-29)15-9-16(23)11-17(24)10-15/h3-11H,12,26H2,1-2H3,(H2,25,28). The highest BCUT2D eigenvalue weighted by atomic mass is 19.1. The van der Waals surface area contributed by atoms with Crippen molar-refractivity contribution in [3.8, 4) is 11.3 Å². The predicted molar refractivity (Wildman–Crippen MR) is 114 cm³/mol. The maximum absolute atomic E-state index is 13.5. The van der Waals surface area contributed by atoms with E-state index in [0.29, 0.717) is 11.1 Å². The van der Waals surface area contributed by atoms with Crippen LogP contribution in [0.2, 0.25) is 0 Å². The molecule has 166 valence electrons. The van der Waals surface area contributed by atoms with E-state index in [4.69, 9.17) is 16.3 Å². The molecular weight excluding hydrogens is 420 g/mol. The average Bonchev–Trinajstić information content (AvgIpc) is 2.72. The van der Waals surface area contributed by atoms with E-state index in [9.17, 15) is 18.4 Å². The molecule has 4 N–H and O–H groups in total. The van der Waals surface area contributed by atoms with Gasteiger partial charge in [0, 0.05) is 23.3 Å². The molecule has 0 saturated heterocycles. The van der Waals surface area contributed by atoms with Crippen molar-refractivity contribution >= 4 is 11.8 Å². The normalized spacial score (nSPS) is 12.0. The van der Waals surface area contributed by atoms with Gasteiger partial charge in [-0.25, -0.2) is 18.3 Å². The Morgan fingerprint density at radius 2 is 1.81 bits per heavy atom. The summed E-state index contributed by atoms with van der Waals surface area (Å²) in [6.07, 6.45) is 0. The van der Waals surface area contributed by atoms with Crippen molar-refractivity contribution in [2.45, 2.75) is 25.9 Å². The molecule has 3 aromatic rings. The van der Waals surface area contributed by atoms with Gasteiger partial charge in [0.2, 0.25) is 0 Å². The second-order valence-corrected chi connectivity index (χ2v) is 7.65. The molecule has 8 nitrogen and oxygen atoms in total. The van der Waals surface area contributed by atoms with Gasteiger partial charge in [0.1, 0.15) is 17.2 Å². The van der Waals surface area contributed by atoms with Gasteiger partial charge in [-0.1, -0.05) is 23.4 Å². The van der Waals surface area contributed by atoms with Gasteiger partial charge in [-0.2, -0.15) is 5.10 Å². The van der Waals surface area contributed by atoms with Gasteiger partial charge >= 0.3 is 5.97 Å². The minimum Gasteiger partial charge on any atom is -0.380 e. The van der Waals surface area contributed by atoms with Crippen LogP contribution >= 0.6 is 0 Å². The molecule has 0 atom stereocenters. The summed E-state index contributed by atoms with van der Waals surface area (Å²) in [7, 11) is 0. The summed E-state index contributed by atoms with van der Waals surface area (Å²) in [5.74, 6) is -2.31. The van der Waals surface area contributed by atoms with E-state index in [2.05, 4.69) is 10.3 Å². The Hall–Kier alpha value is -3.92. The third kappa shape index (κ3) is 5.61. The first-order chi connectivity index (χ1) is 15.0. The molecule has 32 heavy (non-hydrogen) atoms. The van der Waals surface area contributed by atoms with Crippen molar-refractivity contribution in [3.63, 3.8) is 0 Å². The number of aromatic nitrogens is 2. The minimum absolute atomic E-state index is 0.0568. The van der Waals surface area contributed by atoms with Crippen molar-refractivity contribution in [2.75, 3.05) is 0 Å². The first-order valence-corrected chi connectivity index (χ1v) is 9.50.